The van der Waals surface area contributed by atoms with Crippen LogP contribution in [0.5, 0.6) is 17.2 Å². The maximum Gasteiger partial charge on any atom is 0.416 e. The van der Waals surface area contributed by atoms with Gasteiger partial charge in [0.05, 0.1) is 5.56 Å². The fourth-order valence-corrected chi connectivity index (χ4v) is 3.40. The second kappa shape index (κ2) is 9.44. The van der Waals surface area contributed by atoms with E-state index in [1.54, 1.807) is 30.3 Å². The predicted molar refractivity (Wildman–Crippen MR) is 122 cm³/mol. The number of amides is 2. The van der Waals surface area contributed by atoms with E-state index in [2.05, 4.69) is 10.6 Å². The molecular formula is C25H25F3N2O3. The molecule has 0 unspecified atom stereocenters. The first-order chi connectivity index (χ1) is 15.4. The number of carbonyl (C=O) groups excluding carboxylic acids is 1. The summed E-state index contributed by atoms with van der Waals surface area (Å²) in [5, 5.41) is 15.2. The van der Waals surface area contributed by atoms with Crippen molar-refractivity contribution in [2.45, 2.75) is 39.8 Å². The third-order valence-corrected chi connectivity index (χ3v) is 5.03. The zero-order chi connectivity index (χ0) is 24.3. The van der Waals surface area contributed by atoms with Gasteiger partial charge in [0.2, 0.25) is 0 Å². The van der Waals surface area contributed by atoms with Crippen molar-refractivity contribution >= 4 is 17.4 Å². The van der Waals surface area contributed by atoms with E-state index >= 15 is 0 Å². The lowest BCUT2D eigenvalue weighted by molar-refractivity contribution is -0.137. The molecule has 2 amide bonds. The number of nitrogens with one attached hydrogen (secondary N) is 2. The number of rotatable bonds is 5. The van der Waals surface area contributed by atoms with Crippen LogP contribution < -0.4 is 15.4 Å². The van der Waals surface area contributed by atoms with Gasteiger partial charge in [0.1, 0.15) is 17.2 Å². The van der Waals surface area contributed by atoms with Crippen molar-refractivity contribution < 1.29 is 27.8 Å². The van der Waals surface area contributed by atoms with E-state index in [1.807, 2.05) is 27.7 Å². The van der Waals surface area contributed by atoms with Crippen LogP contribution >= 0.6 is 0 Å². The molecule has 3 rings (SSSR count). The van der Waals surface area contributed by atoms with Crippen molar-refractivity contribution in [2.24, 2.45) is 0 Å². The molecule has 3 aromatic carbocycles. The zero-order valence-electron chi connectivity index (χ0n) is 18.7. The normalized spacial score (nSPS) is 11.4. The summed E-state index contributed by atoms with van der Waals surface area (Å²) in [4.78, 5) is 12.3. The summed E-state index contributed by atoms with van der Waals surface area (Å²) < 4.78 is 44.0. The summed E-state index contributed by atoms with van der Waals surface area (Å²) in [6.07, 6.45) is -4.43. The second-order valence-corrected chi connectivity index (χ2v) is 8.07. The number of urea groups is 1. The number of anilines is 2. The quantitative estimate of drug-likeness (QED) is 0.369. The lowest BCUT2D eigenvalue weighted by Crippen LogP contribution is -2.19. The molecule has 0 radical (unpaired) electrons. The van der Waals surface area contributed by atoms with Gasteiger partial charge < -0.3 is 20.5 Å². The Morgan fingerprint density at radius 3 is 2.03 bits per heavy atom. The fraction of sp³-hybridized carbons (Fsp3) is 0.240. The van der Waals surface area contributed by atoms with E-state index in [0.29, 0.717) is 17.2 Å². The molecule has 174 valence electrons. The number of phenolic OH excluding ortho intramolecular Hbond substituents is 1. The Balaban J connectivity index is 1.71. The summed E-state index contributed by atoms with van der Waals surface area (Å²) in [6, 6.07) is 12.2. The molecule has 5 nitrogen and oxygen atoms in total. The van der Waals surface area contributed by atoms with Gasteiger partial charge in [-0.1, -0.05) is 13.8 Å². The van der Waals surface area contributed by atoms with Gasteiger partial charge in [-0.05, 0) is 85.5 Å². The van der Waals surface area contributed by atoms with E-state index in [4.69, 9.17) is 4.74 Å². The molecule has 0 heterocycles. The van der Waals surface area contributed by atoms with Gasteiger partial charge in [-0.25, -0.2) is 4.79 Å². The molecule has 0 bridgehead atoms. The van der Waals surface area contributed by atoms with Crippen LogP contribution in [-0.4, -0.2) is 11.1 Å². The summed E-state index contributed by atoms with van der Waals surface area (Å²) in [5.41, 5.74) is 2.29. The van der Waals surface area contributed by atoms with Crippen LogP contribution in [0.2, 0.25) is 0 Å². The van der Waals surface area contributed by atoms with Crippen LogP contribution in [0.25, 0.3) is 0 Å². The molecule has 8 heteroatoms. The molecule has 3 aromatic rings. The van der Waals surface area contributed by atoms with E-state index in [0.717, 1.165) is 28.8 Å². The number of phenols is 1. The molecule has 33 heavy (non-hydrogen) atoms. The predicted octanol–water partition coefficient (Wildman–Crippen LogP) is 7.59. The van der Waals surface area contributed by atoms with Crippen molar-refractivity contribution in [1.29, 1.82) is 0 Å². The lowest BCUT2D eigenvalue weighted by atomic mass is 10.0. The van der Waals surface area contributed by atoms with Gasteiger partial charge in [-0.3, -0.25) is 0 Å². The summed E-state index contributed by atoms with van der Waals surface area (Å²) in [5.74, 6) is 1.56. The molecule has 0 aliphatic rings. The molecular weight excluding hydrogens is 433 g/mol. The van der Waals surface area contributed by atoms with E-state index in [9.17, 15) is 23.1 Å². The van der Waals surface area contributed by atoms with Gasteiger partial charge >= 0.3 is 12.2 Å². The smallest absolute Gasteiger partial charge is 0.416 e. The monoisotopic (exact) mass is 458 g/mol. The highest BCUT2D eigenvalue weighted by molar-refractivity contribution is 5.99. The average Bonchev–Trinajstić information content (AvgIpc) is 2.71. The molecule has 0 saturated heterocycles. The minimum atomic E-state index is -4.43. The maximum absolute atomic E-state index is 12.7. The summed E-state index contributed by atoms with van der Waals surface area (Å²) in [6.45, 7) is 7.63. The van der Waals surface area contributed by atoms with Crippen molar-refractivity contribution in [1.82, 2.24) is 0 Å². The largest absolute Gasteiger partial charge is 0.508 e. The van der Waals surface area contributed by atoms with E-state index in [-0.39, 0.29) is 17.4 Å². The highest BCUT2D eigenvalue weighted by atomic mass is 19.4. The van der Waals surface area contributed by atoms with Gasteiger partial charge in [0, 0.05) is 16.9 Å². The molecule has 0 aromatic heterocycles. The van der Waals surface area contributed by atoms with Gasteiger partial charge in [-0.2, -0.15) is 13.2 Å². The number of benzene rings is 3. The van der Waals surface area contributed by atoms with Gasteiger partial charge in [0.15, 0.2) is 0 Å². The number of ether oxygens (including phenoxy) is 1. The van der Waals surface area contributed by atoms with Crippen LogP contribution in [0.1, 0.15) is 42.0 Å². The van der Waals surface area contributed by atoms with E-state index in [1.165, 1.54) is 12.1 Å². The van der Waals surface area contributed by atoms with Crippen LogP contribution in [0, 0.1) is 13.8 Å². The fourth-order valence-electron chi connectivity index (χ4n) is 3.40. The highest BCUT2D eigenvalue weighted by Crippen LogP contribution is 2.35. The van der Waals surface area contributed by atoms with E-state index < -0.39 is 17.8 Å². The Morgan fingerprint density at radius 1 is 0.909 bits per heavy atom. The van der Waals surface area contributed by atoms with Crippen LogP contribution in [-0.2, 0) is 6.18 Å². The summed E-state index contributed by atoms with van der Waals surface area (Å²) >= 11 is 0. The van der Waals surface area contributed by atoms with Crippen molar-refractivity contribution in [3.8, 4) is 17.2 Å². The Labute approximate surface area is 190 Å². The highest BCUT2D eigenvalue weighted by Gasteiger charge is 2.30. The van der Waals surface area contributed by atoms with Crippen molar-refractivity contribution in [3.63, 3.8) is 0 Å². The van der Waals surface area contributed by atoms with Crippen molar-refractivity contribution in [2.75, 3.05) is 10.6 Å². The molecule has 0 saturated carbocycles. The Hall–Kier alpha value is -3.68. The first kappa shape index (κ1) is 24.0. The lowest BCUT2D eigenvalue weighted by Gasteiger charge is -2.16. The maximum atomic E-state index is 12.7. The number of alkyl halides is 3. The first-order valence-electron chi connectivity index (χ1n) is 10.3. The number of hydrogen-bond donors (Lipinski definition) is 3. The molecule has 0 spiro atoms. The third kappa shape index (κ3) is 5.97. The number of aromatic hydroxyl groups is 1. The number of hydrogen-bond acceptors (Lipinski definition) is 3. The van der Waals surface area contributed by atoms with Crippen molar-refractivity contribution in [3.05, 3.63) is 76.9 Å². The number of halogens is 3. The Morgan fingerprint density at radius 2 is 1.48 bits per heavy atom. The minimum absolute atomic E-state index is 0.130. The molecule has 0 atom stereocenters. The zero-order valence-corrected chi connectivity index (χ0v) is 18.7. The Kier molecular flexibility index (Phi) is 6.86. The molecule has 0 aliphatic heterocycles. The molecule has 3 N–H and O–H groups in total. The minimum Gasteiger partial charge on any atom is -0.508 e. The Bertz CT molecular complexity index is 1130. The standard InChI is InChI=1S/C25H25F3N2O3/c1-14(2)21-13-20(9-10-22(21)31)33-23-15(3)11-19(12-16(23)4)30-24(32)29-18-7-5-17(6-8-18)25(26,27)28/h5-14,31H,1-4H3,(H2,29,30,32). The number of carbonyl (C=O) groups is 1. The van der Waals surface area contributed by atoms with Crippen LogP contribution in [0.15, 0.2) is 54.6 Å². The van der Waals surface area contributed by atoms with Gasteiger partial charge in [-0.15, -0.1) is 0 Å². The molecule has 0 fully saturated rings. The van der Waals surface area contributed by atoms with Gasteiger partial charge in [0.25, 0.3) is 0 Å². The SMILES string of the molecule is Cc1cc(NC(=O)Nc2ccc(C(F)(F)F)cc2)cc(C)c1Oc1ccc(O)c(C(C)C)c1. The van der Waals surface area contributed by atoms with Crippen LogP contribution in [0.3, 0.4) is 0 Å². The topological polar surface area (TPSA) is 70.6 Å². The average molecular weight is 458 g/mol. The molecule has 0 aliphatic carbocycles. The third-order valence-electron chi connectivity index (χ3n) is 5.03. The van der Waals surface area contributed by atoms with Crippen LogP contribution in [0.4, 0.5) is 29.3 Å². The summed E-state index contributed by atoms with van der Waals surface area (Å²) in [7, 11) is 0. The second-order valence-electron chi connectivity index (χ2n) is 8.07. The first-order valence-corrected chi connectivity index (χ1v) is 10.3. The number of aryl methyl sites for hydroxylation is 2.